The monoisotopic (exact) mass is 275 g/mol. The van der Waals surface area contributed by atoms with Crippen LogP contribution >= 0.6 is 23.6 Å². The predicted octanol–water partition coefficient (Wildman–Crippen LogP) is 4.07. The average Bonchev–Trinajstić information content (AvgIpc) is 2.80. The Labute approximate surface area is 116 Å². The quantitative estimate of drug-likeness (QED) is 0.793. The van der Waals surface area contributed by atoms with Crippen LogP contribution in [0.2, 0.25) is 0 Å². The van der Waals surface area contributed by atoms with Crippen molar-refractivity contribution in [3.63, 3.8) is 0 Å². The maximum atomic E-state index is 5.55. The van der Waals surface area contributed by atoms with E-state index in [4.69, 9.17) is 17.0 Å². The molecule has 1 N–H and O–H groups in total. The summed E-state index contributed by atoms with van der Waals surface area (Å²) in [6.45, 7) is 2.04. The number of anilines is 1. The first kappa shape index (κ1) is 11.7. The zero-order valence-corrected chi connectivity index (χ0v) is 11.6. The molecule has 0 amide bonds. The lowest BCUT2D eigenvalue weighted by Gasteiger charge is -2.09. The Morgan fingerprint density at radius 2 is 2.28 bits per heavy atom. The fraction of sp³-hybridized carbons (Fsp3) is 0.214. The molecule has 18 heavy (non-hydrogen) atoms. The Morgan fingerprint density at radius 1 is 1.39 bits per heavy atom. The summed E-state index contributed by atoms with van der Waals surface area (Å²) in [6.07, 6.45) is 0.992. The third-order valence-corrected chi connectivity index (χ3v) is 4.08. The molecule has 1 aliphatic heterocycles. The molecule has 1 atom stereocenters. The Bertz CT molecular complexity index is 577. The lowest BCUT2D eigenvalue weighted by atomic mass is 10.0. The molecule has 4 heteroatoms. The highest BCUT2D eigenvalue weighted by atomic mass is 32.1. The fourth-order valence-corrected chi connectivity index (χ4v) is 3.15. The Balaban J connectivity index is 2.02. The van der Waals surface area contributed by atoms with Gasteiger partial charge in [0.1, 0.15) is 6.10 Å². The van der Waals surface area contributed by atoms with Crippen molar-refractivity contribution in [2.24, 2.45) is 0 Å². The van der Waals surface area contributed by atoms with Crippen LogP contribution in [0.1, 0.15) is 12.5 Å². The van der Waals surface area contributed by atoms with E-state index in [0.717, 1.165) is 12.1 Å². The van der Waals surface area contributed by atoms with Crippen molar-refractivity contribution in [2.75, 3.05) is 5.32 Å². The summed E-state index contributed by atoms with van der Waals surface area (Å²) in [4.78, 5) is 1.29. The van der Waals surface area contributed by atoms with Gasteiger partial charge in [0.15, 0.2) is 0 Å². The van der Waals surface area contributed by atoms with Gasteiger partial charge in [-0.3, -0.25) is 0 Å². The van der Waals surface area contributed by atoms with E-state index in [1.807, 2.05) is 6.92 Å². The van der Waals surface area contributed by atoms with Crippen molar-refractivity contribution in [3.8, 4) is 10.4 Å². The van der Waals surface area contributed by atoms with Gasteiger partial charge in [-0.1, -0.05) is 12.1 Å². The third kappa shape index (κ3) is 2.26. The summed E-state index contributed by atoms with van der Waals surface area (Å²) in [5, 5.41) is 5.70. The molecule has 0 aliphatic carbocycles. The molecule has 1 aromatic heterocycles. The van der Waals surface area contributed by atoms with Gasteiger partial charge in [-0.25, -0.2) is 0 Å². The van der Waals surface area contributed by atoms with Crippen LogP contribution in [0.5, 0.6) is 0 Å². The average molecular weight is 275 g/mol. The molecule has 2 heterocycles. The second-order valence-electron chi connectivity index (χ2n) is 4.39. The molecule has 2 aromatic rings. The second kappa shape index (κ2) is 4.71. The Hall–Kier alpha value is -1.39. The highest BCUT2D eigenvalue weighted by Gasteiger charge is 2.17. The number of ether oxygens (including phenoxy) is 1. The number of fused-ring (bicyclic) bond motifs is 1. The van der Waals surface area contributed by atoms with Crippen LogP contribution in [0.25, 0.3) is 10.4 Å². The first-order valence-corrected chi connectivity index (χ1v) is 7.15. The molecule has 1 unspecified atom stereocenters. The van der Waals surface area contributed by atoms with Crippen molar-refractivity contribution in [1.29, 1.82) is 0 Å². The zero-order chi connectivity index (χ0) is 12.5. The largest absolute Gasteiger partial charge is 0.467 e. The molecule has 0 saturated carbocycles. The second-order valence-corrected chi connectivity index (χ2v) is 5.71. The van der Waals surface area contributed by atoms with Crippen LogP contribution in [-0.2, 0) is 11.2 Å². The summed E-state index contributed by atoms with van der Waals surface area (Å²) in [7, 11) is 0. The van der Waals surface area contributed by atoms with Crippen molar-refractivity contribution in [3.05, 3.63) is 41.3 Å². The number of benzene rings is 1. The SMILES string of the molecule is CC1Cc2cc(-c3cccs3)ccc2NC(=S)O1. The molecular formula is C14H13NOS2. The van der Waals surface area contributed by atoms with E-state index in [-0.39, 0.29) is 6.10 Å². The Kier molecular flexibility index (Phi) is 3.06. The molecule has 3 rings (SSSR count). The van der Waals surface area contributed by atoms with Crippen LogP contribution < -0.4 is 5.32 Å². The fourth-order valence-electron chi connectivity index (χ4n) is 2.15. The number of hydrogen-bond donors (Lipinski definition) is 1. The number of thiophene rings is 1. The molecular weight excluding hydrogens is 262 g/mol. The molecule has 1 aromatic carbocycles. The van der Waals surface area contributed by atoms with Gasteiger partial charge in [0.05, 0.1) is 0 Å². The van der Waals surface area contributed by atoms with Gasteiger partial charge < -0.3 is 10.1 Å². The number of thiocarbonyl (C=S) groups is 1. The summed E-state index contributed by atoms with van der Waals surface area (Å²) in [5.41, 5.74) is 3.57. The number of rotatable bonds is 1. The normalized spacial score (nSPS) is 18.5. The minimum atomic E-state index is 0.116. The van der Waals surface area contributed by atoms with Crippen LogP contribution in [0.4, 0.5) is 5.69 Å². The first-order chi connectivity index (χ1) is 8.72. The first-order valence-electron chi connectivity index (χ1n) is 5.87. The molecule has 0 bridgehead atoms. The maximum absolute atomic E-state index is 5.55. The van der Waals surface area contributed by atoms with E-state index >= 15 is 0 Å². The Morgan fingerprint density at radius 3 is 3.06 bits per heavy atom. The smallest absolute Gasteiger partial charge is 0.261 e. The molecule has 1 aliphatic rings. The van der Waals surface area contributed by atoms with Crippen molar-refractivity contribution in [2.45, 2.75) is 19.4 Å². The van der Waals surface area contributed by atoms with E-state index in [9.17, 15) is 0 Å². The van der Waals surface area contributed by atoms with Gasteiger partial charge >= 0.3 is 0 Å². The number of nitrogens with one attached hydrogen (secondary N) is 1. The lowest BCUT2D eigenvalue weighted by molar-refractivity contribution is 0.217. The van der Waals surface area contributed by atoms with Gasteiger partial charge in [0.2, 0.25) is 0 Å². The standard InChI is InChI=1S/C14H13NOS2/c1-9-7-11-8-10(13-3-2-6-18-13)4-5-12(11)15-14(17)16-9/h2-6,8-9H,7H2,1H3,(H,15,17). The van der Waals surface area contributed by atoms with Crippen LogP contribution in [-0.4, -0.2) is 11.3 Å². The van der Waals surface area contributed by atoms with Crippen LogP contribution in [0.15, 0.2) is 35.7 Å². The zero-order valence-electron chi connectivity index (χ0n) is 9.97. The lowest BCUT2D eigenvalue weighted by Crippen LogP contribution is -2.16. The van der Waals surface area contributed by atoms with Crippen molar-refractivity contribution in [1.82, 2.24) is 0 Å². The highest BCUT2D eigenvalue weighted by Crippen LogP contribution is 2.30. The minimum Gasteiger partial charge on any atom is -0.467 e. The summed E-state index contributed by atoms with van der Waals surface area (Å²) in [5.74, 6) is 0. The van der Waals surface area contributed by atoms with Crippen molar-refractivity contribution >= 4 is 34.4 Å². The highest BCUT2D eigenvalue weighted by molar-refractivity contribution is 7.80. The van der Waals surface area contributed by atoms with E-state index in [2.05, 4.69) is 41.0 Å². The topological polar surface area (TPSA) is 21.3 Å². The third-order valence-electron chi connectivity index (χ3n) is 2.96. The molecule has 0 radical (unpaired) electrons. The predicted molar refractivity (Wildman–Crippen MR) is 80.2 cm³/mol. The van der Waals surface area contributed by atoms with Crippen LogP contribution in [0.3, 0.4) is 0 Å². The molecule has 92 valence electrons. The van der Waals surface area contributed by atoms with Gasteiger partial charge in [-0.05, 0) is 53.8 Å². The summed E-state index contributed by atoms with van der Waals surface area (Å²) in [6, 6.07) is 10.6. The van der Waals surface area contributed by atoms with Gasteiger partial charge in [0.25, 0.3) is 5.17 Å². The summed E-state index contributed by atoms with van der Waals surface area (Å²) < 4.78 is 5.55. The van der Waals surface area contributed by atoms with E-state index in [0.29, 0.717) is 5.17 Å². The molecule has 0 fully saturated rings. The van der Waals surface area contributed by atoms with E-state index < -0.39 is 0 Å². The molecule has 2 nitrogen and oxygen atoms in total. The van der Waals surface area contributed by atoms with Crippen molar-refractivity contribution < 1.29 is 4.74 Å². The van der Waals surface area contributed by atoms with Gasteiger partial charge in [0, 0.05) is 17.0 Å². The van der Waals surface area contributed by atoms with E-state index in [1.165, 1.54) is 16.0 Å². The summed E-state index contributed by atoms with van der Waals surface area (Å²) >= 11 is 6.88. The number of hydrogen-bond acceptors (Lipinski definition) is 3. The van der Waals surface area contributed by atoms with Gasteiger partial charge in [-0.2, -0.15) is 0 Å². The molecule has 0 spiro atoms. The van der Waals surface area contributed by atoms with Gasteiger partial charge in [-0.15, -0.1) is 11.3 Å². The van der Waals surface area contributed by atoms with E-state index in [1.54, 1.807) is 11.3 Å². The maximum Gasteiger partial charge on any atom is 0.261 e. The molecule has 0 saturated heterocycles. The minimum absolute atomic E-state index is 0.116. The van der Waals surface area contributed by atoms with Crippen LogP contribution in [0, 0.1) is 0 Å².